The smallest absolute Gasteiger partial charge is 0.416 e. The predicted molar refractivity (Wildman–Crippen MR) is 61.8 cm³/mol. The van der Waals surface area contributed by atoms with Gasteiger partial charge in [0.1, 0.15) is 11.5 Å². The highest BCUT2D eigenvalue weighted by Gasteiger charge is 2.31. The van der Waals surface area contributed by atoms with Crippen molar-refractivity contribution >= 4 is 11.6 Å². The highest BCUT2D eigenvalue weighted by molar-refractivity contribution is 6.32. The largest absolute Gasteiger partial charge is 0.455 e. The van der Waals surface area contributed by atoms with Gasteiger partial charge in [0.05, 0.1) is 10.6 Å². The Labute approximate surface area is 107 Å². The lowest BCUT2D eigenvalue weighted by atomic mass is 10.2. The molecule has 0 unspecified atom stereocenters. The Hall–Kier alpha value is -1.68. The van der Waals surface area contributed by atoms with Crippen LogP contribution in [0.3, 0.4) is 0 Å². The number of rotatable bonds is 2. The Morgan fingerprint density at radius 1 is 1.11 bits per heavy atom. The summed E-state index contributed by atoms with van der Waals surface area (Å²) in [6.07, 6.45) is -4.42. The molecule has 0 atom stereocenters. The van der Waals surface area contributed by atoms with E-state index in [9.17, 15) is 13.2 Å². The number of halogens is 4. The molecule has 2 aromatic rings. The fourth-order valence-corrected chi connectivity index (χ4v) is 1.54. The zero-order valence-electron chi connectivity index (χ0n) is 8.96. The summed E-state index contributed by atoms with van der Waals surface area (Å²) < 4.78 is 42.6. The van der Waals surface area contributed by atoms with E-state index in [2.05, 4.69) is 6.07 Å². The molecular formula is C13H7ClF3O. The van der Waals surface area contributed by atoms with Gasteiger partial charge in [-0.2, -0.15) is 13.2 Å². The molecule has 1 nitrogen and oxygen atoms in total. The van der Waals surface area contributed by atoms with E-state index in [1.54, 1.807) is 24.3 Å². The SMILES string of the molecule is FC(F)(F)c1ccc(Oc2[c]cccc2)c(Cl)c1. The summed E-state index contributed by atoms with van der Waals surface area (Å²) >= 11 is 5.75. The lowest BCUT2D eigenvalue weighted by Crippen LogP contribution is -2.04. The van der Waals surface area contributed by atoms with Crippen LogP contribution in [-0.4, -0.2) is 0 Å². The molecule has 0 bridgehead atoms. The monoisotopic (exact) mass is 271 g/mol. The number of hydrogen-bond acceptors (Lipinski definition) is 1. The second-order valence-corrected chi connectivity index (χ2v) is 3.88. The van der Waals surface area contributed by atoms with Gasteiger partial charge in [0.15, 0.2) is 0 Å². The maximum atomic E-state index is 12.4. The van der Waals surface area contributed by atoms with Crippen molar-refractivity contribution in [1.29, 1.82) is 0 Å². The van der Waals surface area contributed by atoms with Gasteiger partial charge < -0.3 is 4.74 Å². The molecule has 93 valence electrons. The van der Waals surface area contributed by atoms with E-state index in [1.165, 1.54) is 6.07 Å². The quantitative estimate of drug-likeness (QED) is 0.751. The van der Waals surface area contributed by atoms with Gasteiger partial charge in [0.2, 0.25) is 0 Å². The Morgan fingerprint density at radius 2 is 1.89 bits per heavy atom. The van der Waals surface area contributed by atoms with Crippen molar-refractivity contribution in [2.24, 2.45) is 0 Å². The highest BCUT2D eigenvalue weighted by atomic mass is 35.5. The van der Waals surface area contributed by atoms with E-state index in [0.717, 1.165) is 12.1 Å². The molecule has 2 aromatic carbocycles. The van der Waals surface area contributed by atoms with Crippen LogP contribution in [-0.2, 0) is 6.18 Å². The lowest BCUT2D eigenvalue weighted by Gasteiger charge is -2.10. The minimum Gasteiger partial charge on any atom is -0.455 e. The van der Waals surface area contributed by atoms with Crippen LogP contribution in [0.25, 0.3) is 0 Å². The van der Waals surface area contributed by atoms with Gasteiger partial charge in [-0.15, -0.1) is 0 Å². The summed E-state index contributed by atoms with van der Waals surface area (Å²) in [6, 6.07) is 12.5. The van der Waals surface area contributed by atoms with Crippen LogP contribution in [0, 0.1) is 6.07 Å². The molecule has 0 N–H and O–H groups in total. The standard InChI is InChI=1S/C13H7ClF3O/c14-11-8-9(13(15,16)17)6-7-12(11)18-10-4-2-1-3-5-10/h1-4,6-8H. The third-order valence-electron chi connectivity index (χ3n) is 2.16. The van der Waals surface area contributed by atoms with Crippen LogP contribution in [0.5, 0.6) is 11.5 Å². The van der Waals surface area contributed by atoms with E-state index in [4.69, 9.17) is 16.3 Å². The van der Waals surface area contributed by atoms with Crippen LogP contribution in [0.15, 0.2) is 42.5 Å². The van der Waals surface area contributed by atoms with Crippen molar-refractivity contribution in [3.8, 4) is 11.5 Å². The van der Waals surface area contributed by atoms with Crippen molar-refractivity contribution in [2.75, 3.05) is 0 Å². The fraction of sp³-hybridized carbons (Fsp3) is 0.0769. The van der Waals surface area contributed by atoms with E-state index >= 15 is 0 Å². The van der Waals surface area contributed by atoms with Crippen LogP contribution >= 0.6 is 11.6 Å². The Balaban J connectivity index is 2.26. The second-order valence-electron chi connectivity index (χ2n) is 3.47. The normalized spacial score (nSPS) is 11.3. The van der Waals surface area contributed by atoms with Crippen molar-refractivity contribution in [2.45, 2.75) is 6.18 Å². The van der Waals surface area contributed by atoms with Gasteiger partial charge in [-0.25, -0.2) is 0 Å². The summed E-state index contributed by atoms with van der Waals surface area (Å²) in [7, 11) is 0. The molecule has 0 amide bonds. The molecule has 0 saturated carbocycles. The Bertz CT molecular complexity index is 538. The molecule has 0 aliphatic rings. The zero-order valence-corrected chi connectivity index (χ0v) is 9.72. The Kier molecular flexibility index (Phi) is 3.48. The van der Waals surface area contributed by atoms with Gasteiger partial charge >= 0.3 is 6.18 Å². The number of ether oxygens (including phenoxy) is 1. The lowest BCUT2D eigenvalue weighted by molar-refractivity contribution is -0.137. The van der Waals surface area contributed by atoms with Gasteiger partial charge in [0.25, 0.3) is 0 Å². The van der Waals surface area contributed by atoms with E-state index < -0.39 is 11.7 Å². The third kappa shape index (κ3) is 2.96. The molecule has 0 spiro atoms. The van der Waals surface area contributed by atoms with Gasteiger partial charge in [-0.3, -0.25) is 0 Å². The van der Waals surface area contributed by atoms with E-state index in [0.29, 0.717) is 5.75 Å². The van der Waals surface area contributed by atoms with Gasteiger partial charge in [0, 0.05) is 6.07 Å². The molecule has 0 aromatic heterocycles. The topological polar surface area (TPSA) is 9.23 Å². The maximum absolute atomic E-state index is 12.4. The molecule has 0 heterocycles. The first-order valence-corrected chi connectivity index (χ1v) is 5.36. The number of benzene rings is 2. The minimum absolute atomic E-state index is 0.0953. The molecular weight excluding hydrogens is 265 g/mol. The molecule has 0 saturated heterocycles. The maximum Gasteiger partial charge on any atom is 0.416 e. The molecule has 2 rings (SSSR count). The fourth-order valence-electron chi connectivity index (χ4n) is 1.32. The van der Waals surface area contributed by atoms with Crippen LogP contribution in [0.1, 0.15) is 5.56 Å². The van der Waals surface area contributed by atoms with E-state index in [-0.39, 0.29) is 10.8 Å². The predicted octanol–water partition coefficient (Wildman–Crippen LogP) is 4.95. The van der Waals surface area contributed by atoms with E-state index in [1.807, 2.05) is 0 Å². The minimum atomic E-state index is -4.42. The summed E-state index contributed by atoms with van der Waals surface area (Å²) in [4.78, 5) is 0. The zero-order chi connectivity index (χ0) is 13.2. The summed E-state index contributed by atoms with van der Waals surface area (Å²) in [5.41, 5.74) is -0.808. The van der Waals surface area contributed by atoms with Gasteiger partial charge in [-0.05, 0) is 24.3 Å². The molecule has 18 heavy (non-hydrogen) atoms. The van der Waals surface area contributed by atoms with Crippen molar-refractivity contribution in [3.05, 3.63) is 59.1 Å². The molecule has 0 aliphatic heterocycles. The van der Waals surface area contributed by atoms with Gasteiger partial charge in [-0.1, -0.05) is 29.8 Å². The summed E-state index contributed by atoms with van der Waals surface area (Å²) in [5, 5.41) is -0.0953. The number of alkyl halides is 3. The van der Waals surface area contributed by atoms with Crippen LogP contribution < -0.4 is 4.74 Å². The van der Waals surface area contributed by atoms with Crippen molar-refractivity contribution in [3.63, 3.8) is 0 Å². The first-order chi connectivity index (χ1) is 8.47. The van der Waals surface area contributed by atoms with Crippen molar-refractivity contribution < 1.29 is 17.9 Å². The summed E-state index contributed by atoms with van der Waals surface area (Å²) in [6.45, 7) is 0. The third-order valence-corrected chi connectivity index (χ3v) is 2.46. The average molecular weight is 272 g/mol. The first kappa shape index (κ1) is 12.8. The molecule has 0 aliphatic carbocycles. The van der Waals surface area contributed by atoms with Crippen LogP contribution in [0.2, 0.25) is 5.02 Å². The Morgan fingerprint density at radius 3 is 2.44 bits per heavy atom. The molecule has 5 heteroatoms. The number of para-hydroxylation sites is 1. The second kappa shape index (κ2) is 4.90. The average Bonchev–Trinajstić information content (AvgIpc) is 2.32. The van der Waals surface area contributed by atoms with Crippen LogP contribution in [0.4, 0.5) is 13.2 Å². The van der Waals surface area contributed by atoms with Crippen molar-refractivity contribution in [1.82, 2.24) is 0 Å². The number of hydrogen-bond donors (Lipinski definition) is 0. The first-order valence-electron chi connectivity index (χ1n) is 4.98. The molecule has 0 fully saturated rings. The summed E-state index contributed by atoms with van der Waals surface area (Å²) in [5.74, 6) is 0.547. The highest BCUT2D eigenvalue weighted by Crippen LogP contribution is 2.36. The molecule has 1 radical (unpaired) electrons.